The number of aliphatic imine (C=N–C) groups is 1. The molecule has 0 bridgehead atoms. The summed E-state index contributed by atoms with van der Waals surface area (Å²) in [5, 5.41) is 6.71. The van der Waals surface area contributed by atoms with E-state index in [1.807, 2.05) is 0 Å². The molecular formula is C21H37IN4O. The third kappa shape index (κ3) is 10.8. The van der Waals surface area contributed by atoms with Crippen molar-refractivity contribution in [2.75, 3.05) is 51.8 Å². The Balaban J connectivity index is 0.00000364. The van der Waals surface area contributed by atoms with Crippen molar-refractivity contribution in [2.24, 2.45) is 10.9 Å². The van der Waals surface area contributed by atoms with Gasteiger partial charge in [0.1, 0.15) is 0 Å². The van der Waals surface area contributed by atoms with Crippen LogP contribution < -0.4 is 15.5 Å². The zero-order valence-electron chi connectivity index (χ0n) is 17.2. The van der Waals surface area contributed by atoms with Gasteiger partial charge >= 0.3 is 0 Å². The number of anilines is 1. The molecule has 0 saturated heterocycles. The number of hydrogen-bond acceptors (Lipinski definition) is 3. The topological polar surface area (TPSA) is 48.9 Å². The lowest BCUT2D eigenvalue weighted by atomic mass is 10.1. The lowest BCUT2D eigenvalue weighted by Gasteiger charge is -2.13. The number of ether oxygens (including phenoxy) is 1. The average Bonchev–Trinajstić information content (AvgIpc) is 3.46. The minimum absolute atomic E-state index is 0. The van der Waals surface area contributed by atoms with E-state index in [4.69, 9.17) is 4.74 Å². The van der Waals surface area contributed by atoms with E-state index >= 15 is 0 Å². The molecule has 1 fully saturated rings. The van der Waals surface area contributed by atoms with Gasteiger partial charge in [-0.3, -0.25) is 4.99 Å². The zero-order chi connectivity index (χ0) is 18.6. The number of nitrogens with one attached hydrogen (secondary N) is 2. The number of benzene rings is 1. The van der Waals surface area contributed by atoms with E-state index in [1.165, 1.54) is 24.1 Å². The van der Waals surface area contributed by atoms with Gasteiger partial charge in [0, 0.05) is 52.6 Å². The summed E-state index contributed by atoms with van der Waals surface area (Å²) in [5.74, 6) is 1.76. The predicted molar refractivity (Wildman–Crippen MR) is 127 cm³/mol. The highest BCUT2D eigenvalue weighted by atomic mass is 127. The molecule has 1 saturated carbocycles. The molecule has 0 heterocycles. The van der Waals surface area contributed by atoms with Crippen LogP contribution in [0.15, 0.2) is 29.3 Å². The number of halogens is 1. The molecule has 0 spiro atoms. The van der Waals surface area contributed by atoms with Crippen LogP contribution in [0.5, 0.6) is 0 Å². The second-order valence-electron chi connectivity index (χ2n) is 7.22. The molecule has 1 aromatic carbocycles. The van der Waals surface area contributed by atoms with Gasteiger partial charge in [-0.1, -0.05) is 12.1 Å². The lowest BCUT2D eigenvalue weighted by Crippen LogP contribution is -2.38. The van der Waals surface area contributed by atoms with Crippen molar-refractivity contribution in [3.63, 3.8) is 0 Å². The van der Waals surface area contributed by atoms with Crippen LogP contribution in [0, 0.1) is 5.92 Å². The van der Waals surface area contributed by atoms with Gasteiger partial charge < -0.3 is 20.3 Å². The van der Waals surface area contributed by atoms with E-state index in [-0.39, 0.29) is 24.0 Å². The fourth-order valence-electron chi connectivity index (χ4n) is 2.69. The van der Waals surface area contributed by atoms with Crippen LogP contribution in [0.25, 0.3) is 0 Å². The highest BCUT2D eigenvalue weighted by Gasteiger charge is 2.20. The summed E-state index contributed by atoms with van der Waals surface area (Å²) < 4.78 is 5.67. The van der Waals surface area contributed by atoms with E-state index in [2.05, 4.69) is 65.8 Å². The normalized spacial score (nSPS) is 13.8. The standard InChI is InChI=1S/C21H36N4O.HI/c1-4-22-21(24-15-6-16-26-17-19-8-9-19)23-14-5-7-18-10-12-20(13-11-18)25(2)3;/h10-13,19H,4-9,14-17H2,1-3H3,(H2,22,23,24);1H. The Labute approximate surface area is 182 Å². The maximum absolute atomic E-state index is 5.67. The maximum atomic E-state index is 5.67. The van der Waals surface area contributed by atoms with E-state index in [0.29, 0.717) is 0 Å². The molecular weight excluding hydrogens is 451 g/mol. The Bertz CT molecular complexity index is 529. The van der Waals surface area contributed by atoms with Gasteiger partial charge in [-0.2, -0.15) is 0 Å². The van der Waals surface area contributed by atoms with Crippen LogP contribution in [-0.4, -0.2) is 52.9 Å². The summed E-state index contributed by atoms with van der Waals surface area (Å²) in [7, 11) is 4.14. The molecule has 1 aromatic rings. The van der Waals surface area contributed by atoms with E-state index in [0.717, 1.165) is 64.0 Å². The van der Waals surface area contributed by atoms with E-state index in [1.54, 1.807) is 0 Å². The van der Waals surface area contributed by atoms with Crippen molar-refractivity contribution in [2.45, 2.75) is 39.0 Å². The molecule has 5 nitrogen and oxygen atoms in total. The summed E-state index contributed by atoms with van der Waals surface area (Å²) in [6.45, 7) is 6.51. The van der Waals surface area contributed by atoms with Gasteiger partial charge in [-0.25, -0.2) is 0 Å². The van der Waals surface area contributed by atoms with Gasteiger partial charge in [-0.15, -0.1) is 24.0 Å². The Morgan fingerprint density at radius 1 is 1.15 bits per heavy atom. The molecule has 0 atom stereocenters. The van der Waals surface area contributed by atoms with Crippen LogP contribution in [0.1, 0.15) is 38.2 Å². The molecule has 0 amide bonds. The Morgan fingerprint density at radius 3 is 2.52 bits per heavy atom. The molecule has 0 aliphatic heterocycles. The van der Waals surface area contributed by atoms with Crippen LogP contribution >= 0.6 is 24.0 Å². The van der Waals surface area contributed by atoms with Crippen LogP contribution in [-0.2, 0) is 11.2 Å². The molecule has 0 unspecified atom stereocenters. The van der Waals surface area contributed by atoms with Crippen molar-refractivity contribution in [3.05, 3.63) is 29.8 Å². The first-order valence-electron chi connectivity index (χ1n) is 10.0. The molecule has 6 heteroatoms. The summed E-state index contributed by atoms with van der Waals surface area (Å²) in [4.78, 5) is 6.80. The Hall–Kier alpha value is -1.02. The average molecular weight is 488 g/mol. The summed E-state index contributed by atoms with van der Waals surface area (Å²) in [6.07, 6.45) is 5.86. The summed E-state index contributed by atoms with van der Waals surface area (Å²) in [5.41, 5.74) is 2.61. The Kier molecular flexibility index (Phi) is 12.5. The molecule has 0 aromatic heterocycles. The number of nitrogens with zero attached hydrogens (tertiary/aromatic N) is 2. The van der Waals surface area contributed by atoms with Gasteiger partial charge in [0.2, 0.25) is 0 Å². The number of hydrogen-bond donors (Lipinski definition) is 2. The van der Waals surface area contributed by atoms with Gasteiger partial charge in [0.05, 0.1) is 0 Å². The number of guanidine groups is 1. The van der Waals surface area contributed by atoms with Crippen molar-refractivity contribution in [1.29, 1.82) is 0 Å². The lowest BCUT2D eigenvalue weighted by molar-refractivity contribution is 0.123. The second-order valence-corrected chi connectivity index (χ2v) is 7.22. The first-order valence-corrected chi connectivity index (χ1v) is 10.0. The van der Waals surface area contributed by atoms with E-state index in [9.17, 15) is 0 Å². The van der Waals surface area contributed by atoms with Gasteiger partial charge in [0.25, 0.3) is 0 Å². The highest BCUT2D eigenvalue weighted by Crippen LogP contribution is 2.28. The molecule has 2 N–H and O–H groups in total. The fraction of sp³-hybridized carbons (Fsp3) is 0.667. The number of rotatable bonds is 12. The minimum Gasteiger partial charge on any atom is -0.381 e. The van der Waals surface area contributed by atoms with Crippen molar-refractivity contribution in [1.82, 2.24) is 10.6 Å². The molecule has 1 aliphatic carbocycles. The first kappa shape index (κ1) is 24.0. The number of aryl methyl sites for hydroxylation is 1. The third-order valence-electron chi connectivity index (χ3n) is 4.50. The second kappa shape index (κ2) is 14.0. The predicted octanol–water partition coefficient (Wildman–Crippen LogP) is 3.68. The summed E-state index contributed by atoms with van der Waals surface area (Å²) in [6, 6.07) is 8.78. The highest BCUT2D eigenvalue weighted by molar-refractivity contribution is 14.0. The third-order valence-corrected chi connectivity index (χ3v) is 4.50. The van der Waals surface area contributed by atoms with Crippen molar-refractivity contribution >= 4 is 35.6 Å². The first-order chi connectivity index (χ1) is 12.7. The minimum atomic E-state index is 0. The SMILES string of the molecule is CCNC(=NCCCc1ccc(N(C)C)cc1)NCCCOCC1CC1.I. The van der Waals surface area contributed by atoms with Crippen LogP contribution in [0.3, 0.4) is 0 Å². The molecule has 154 valence electrons. The van der Waals surface area contributed by atoms with Crippen LogP contribution in [0.4, 0.5) is 5.69 Å². The zero-order valence-corrected chi connectivity index (χ0v) is 19.5. The largest absolute Gasteiger partial charge is 0.381 e. The van der Waals surface area contributed by atoms with Gasteiger partial charge in [-0.05, 0) is 62.6 Å². The van der Waals surface area contributed by atoms with Gasteiger partial charge in [0.15, 0.2) is 5.96 Å². The van der Waals surface area contributed by atoms with Crippen molar-refractivity contribution in [3.8, 4) is 0 Å². The monoisotopic (exact) mass is 488 g/mol. The van der Waals surface area contributed by atoms with Crippen LogP contribution in [0.2, 0.25) is 0 Å². The quantitative estimate of drug-likeness (QED) is 0.204. The molecule has 1 aliphatic rings. The Morgan fingerprint density at radius 2 is 1.89 bits per heavy atom. The molecule has 27 heavy (non-hydrogen) atoms. The fourth-order valence-corrected chi connectivity index (χ4v) is 2.69. The molecule has 2 rings (SSSR count). The van der Waals surface area contributed by atoms with Crippen molar-refractivity contribution < 1.29 is 4.74 Å². The molecule has 0 radical (unpaired) electrons. The van der Waals surface area contributed by atoms with E-state index < -0.39 is 0 Å². The summed E-state index contributed by atoms with van der Waals surface area (Å²) >= 11 is 0. The maximum Gasteiger partial charge on any atom is 0.191 e. The smallest absolute Gasteiger partial charge is 0.191 e.